The number of hydrogen-bond donors (Lipinski definition) is 1. The Bertz CT molecular complexity index is 379. The Kier molecular flexibility index (Phi) is 2.10. The first-order valence-electron chi connectivity index (χ1n) is 4.80. The molecular formula is C10H13NO2S. The second-order valence-corrected chi connectivity index (χ2v) is 4.97. The molecule has 1 aromatic heterocycles. The molecule has 1 fully saturated rings. The van der Waals surface area contributed by atoms with Crippen LogP contribution in [0.25, 0.3) is 0 Å². The number of aromatic nitrogens is 1. The molecule has 0 aliphatic heterocycles. The second kappa shape index (κ2) is 3.05. The van der Waals surface area contributed by atoms with Crippen molar-refractivity contribution in [3.05, 3.63) is 15.6 Å². The normalized spacial score (nSPS) is 18.1. The molecule has 0 spiro atoms. The minimum atomic E-state index is -0.714. The fourth-order valence-corrected chi connectivity index (χ4v) is 2.85. The van der Waals surface area contributed by atoms with E-state index in [-0.39, 0.29) is 0 Å². The summed E-state index contributed by atoms with van der Waals surface area (Å²) in [5.74, 6) is -0.714. The van der Waals surface area contributed by atoms with Crippen LogP contribution in [-0.2, 0) is 16.6 Å². The van der Waals surface area contributed by atoms with Gasteiger partial charge in [-0.2, -0.15) is 0 Å². The standard InChI is InChI=1S/C10H13NO2S/c1-3-7-6(2)14-8(11-7)10(4-5-10)9(12)13/h3-5H2,1-2H3,(H,12,13). The van der Waals surface area contributed by atoms with E-state index in [4.69, 9.17) is 5.11 Å². The highest BCUT2D eigenvalue weighted by atomic mass is 32.1. The van der Waals surface area contributed by atoms with Gasteiger partial charge in [0.05, 0.1) is 5.69 Å². The van der Waals surface area contributed by atoms with Crippen molar-refractivity contribution >= 4 is 17.3 Å². The molecule has 2 rings (SSSR count). The van der Waals surface area contributed by atoms with E-state index in [0.717, 1.165) is 34.8 Å². The van der Waals surface area contributed by atoms with Gasteiger partial charge >= 0.3 is 5.97 Å². The maximum absolute atomic E-state index is 11.1. The number of rotatable bonds is 3. The number of carboxylic acids is 1. The SMILES string of the molecule is CCc1nc(C2(C(=O)O)CC2)sc1C. The van der Waals surface area contributed by atoms with Crippen LogP contribution in [0.1, 0.15) is 35.3 Å². The van der Waals surface area contributed by atoms with E-state index in [9.17, 15) is 4.79 Å². The van der Waals surface area contributed by atoms with Gasteiger partial charge in [-0.25, -0.2) is 4.98 Å². The summed E-state index contributed by atoms with van der Waals surface area (Å²) in [5, 5.41) is 9.90. The summed E-state index contributed by atoms with van der Waals surface area (Å²) < 4.78 is 0. The lowest BCUT2D eigenvalue weighted by Crippen LogP contribution is -2.19. The molecule has 0 aromatic carbocycles. The Morgan fingerprint density at radius 2 is 2.29 bits per heavy atom. The van der Waals surface area contributed by atoms with Crippen molar-refractivity contribution in [1.82, 2.24) is 4.98 Å². The highest BCUT2D eigenvalue weighted by Gasteiger charge is 2.54. The molecule has 3 nitrogen and oxygen atoms in total. The number of hydrogen-bond acceptors (Lipinski definition) is 3. The molecule has 1 heterocycles. The molecule has 0 atom stereocenters. The lowest BCUT2D eigenvalue weighted by atomic mass is 10.1. The third-order valence-corrected chi connectivity index (χ3v) is 4.01. The Balaban J connectivity index is 2.38. The first-order chi connectivity index (χ1) is 6.60. The van der Waals surface area contributed by atoms with Crippen LogP contribution in [0.3, 0.4) is 0 Å². The Morgan fingerprint density at radius 1 is 1.64 bits per heavy atom. The van der Waals surface area contributed by atoms with E-state index in [2.05, 4.69) is 4.98 Å². The maximum Gasteiger partial charge on any atom is 0.316 e. The molecular weight excluding hydrogens is 198 g/mol. The summed E-state index contributed by atoms with van der Waals surface area (Å²) in [7, 11) is 0. The van der Waals surface area contributed by atoms with E-state index in [1.807, 2.05) is 13.8 Å². The molecule has 4 heteroatoms. The van der Waals surface area contributed by atoms with E-state index < -0.39 is 11.4 Å². The number of aliphatic carboxylic acids is 1. The zero-order valence-corrected chi connectivity index (χ0v) is 9.15. The van der Waals surface area contributed by atoms with Crippen LogP contribution in [0.2, 0.25) is 0 Å². The van der Waals surface area contributed by atoms with Gasteiger partial charge in [0.15, 0.2) is 0 Å². The molecule has 76 valence electrons. The monoisotopic (exact) mass is 211 g/mol. The van der Waals surface area contributed by atoms with Crippen LogP contribution in [0.15, 0.2) is 0 Å². The van der Waals surface area contributed by atoms with Crippen molar-refractivity contribution in [3.8, 4) is 0 Å². The van der Waals surface area contributed by atoms with Gasteiger partial charge < -0.3 is 5.11 Å². The van der Waals surface area contributed by atoms with Crippen LogP contribution in [0.5, 0.6) is 0 Å². The topological polar surface area (TPSA) is 50.2 Å². The van der Waals surface area contributed by atoms with Gasteiger partial charge in [-0.05, 0) is 26.2 Å². The molecule has 0 radical (unpaired) electrons. The molecule has 0 bridgehead atoms. The zero-order valence-electron chi connectivity index (χ0n) is 8.33. The van der Waals surface area contributed by atoms with E-state index in [1.54, 1.807) is 11.3 Å². The van der Waals surface area contributed by atoms with Gasteiger partial charge in [-0.1, -0.05) is 6.92 Å². The Morgan fingerprint density at radius 3 is 2.64 bits per heavy atom. The highest BCUT2D eigenvalue weighted by Crippen LogP contribution is 2.50. The Labute approximate surface area is 86.8 Å². The summed E-state index contributed by atoms with van der Waals surface area (Å²) in [6.45, 7) is 4.06. The predicted octanol–water partition coefficient (Wildman–Crippen LogP) is 2.13. The van der Waals surface area contributed by atoms with Crippen molar-refractivity contribution in [2.45, 2.75) is 38.5 Å². The number of thiazole rings is 1. The molecule has 1 N–H and O–H groups in total. The average molecular weight is 211 g/mol. The first-order valence-corrected chi connectivity index (χ1v) is 5.62. The summed E-state index contributed by atoms with van der Waals surface area (Å²) >= 11 is 1.54. The van der Waals surface area contributed by atoms with Crippen molar-refractivity contribution < 1.29 is 9.90 Å². The number of carboxylic acid groups (broad SMARTS) is 1. The maximum atomic E-state index is 11.1. The van der Waals surface area contributed by atoms with Crippen LogP contribution in [0.4, 0.5) is 0 Å². The summed E-state index contributed by atoms with van der Waals surface area (Å²) in [6, 6.07) is 0. The quantitative estimate of drug-likeness (QED) is 0.833. The molecule has 0 saturated heterocycles. The fourth-order valence-electron chi connectivity index (χ4n) is 1.60. The molecule has 1 saturated carbocycles. The number of carbonyl (C=O) groups is 1. The number of aryl methyl sites for hydroxylation is 2. The molecule has 1 aliphatic rings. The van der Waals surface area contributed by atoms with Gasteiger partial charge in [0, 0.05) is 4.88 Å². The largest absolute Gasteiger partial charge is 0.481 e. The van der Waals surface area contributed by atoms with Crippen molar-refractivity contribution in [3.63, 3.8) is 0 Å². The first kappa shape index (κ1) is 9.65. The van der Waals surface area contributed by atoms with Crippen molar-refractivity contribution in [1.29, 1.82) is 0 Å². The van der Waals surface area contributed by atoms with Crippen molar-refractivity contribution in [2.75, 3.05) is 0 Å². The second-order valence-electron chi connectivity index (χ2n) is 3.76. The zero-order chi connectivity index (χ0) is 10.3. The van der Waals surface area contributed by atoms with Gasteiger partial charge in [0.1, 0.15) is 10.4 Å². The minimum Gasteiger partial charge on any atom is -0.481 e. The molecule has 14 heavy (non-hydrogen) atoms. The highest BCUT2D eigenvalue weighted by molar-refractivity contribution is 7.12. The fraction of sp³-hybridized carbons (Fsp3) is 0.600. The third-order valence-electron chi connectivity index (χ3n) is 2.80. The number of nitrogens with zero attached hydrogens (tertiary/aromatic N) is 1. The summed E-state index contributed by atoms with van der Waals surface area (Å²) in [5.41, 5.74) is 0.431. The molecule has 0 unspecified atom stereocenters. The van der Waals surface area contributed by atoms with E-state index >= 15 is 0 Å². The van der Waals surface area contributed by atoms with Crippen molar-refractivity contribution in [2.24, 2.45) is 0 Å². The van der Waals surface area contributed by atoms with E-state index in [0.29, 0.717) is 0 Å². The third kappa shape index (κ3) is 1.25. The summed E-state index contributed by atoms with van der Waals surface area (Å²) in [6.07, 6.45) is 2.38. The van der Waals surface area contributed by atoms with E-state index in [1.165, 1.54) is 0 Å². The summed E-state index contributed by atoms with van der Waals surface area (Å²) in [4.78, 5) is 16.6. The van der Waals surface area contributed by atoms with Gasteiger partial charge in [-0.15, -0.1) is 11.3 Å². The van der Waals surface area contributed by atoms with Crippen LogP contribution < -0.4 is 0 Å². The Hall–Kier alpha value is -0.900. The lowest BCUT2D eigenvalue weighted by molar-refractivity contribution is -0.140. The van der Waals surface area contributed by atoms with Gasteiger partial charge in [0.2, 0.25) is 0 Å². The molecule has 1 aliphatic carbocycles. The minimum absolute atomic E-state index is 0.622. The van der Waals surface area contributed by atoms with Gasteiger partial charge in [0.25, 0.3) is 0 Å². The molecule has 1 aromatic rings. The molecule has 0 amide bonds. The average Bonchev–Trinajstić information content (AvgIpc) is 2.86. The van der Waals surface area contributed by atoms with Gasteiger partial charge in [-0.3, -0.25) is 4.79 Å². The predicted molar refractivity (Wildman–Crippen MR) is 54.8 cm³/mol. The lowest BCUT2D eigenvalue weighted by Gasteiger charge is -2.03. The van der Waals surface area contributed by atoms with Crippen LogP contribution in [0, 0.1) is 6.92 Å². The smallest absolute Gasteiger partial charge is 0.316 e. The van der Waals surface area contributed by atoms with Crippen LogP contribution >= 0.6 is 11.3 Å². The van der Waals surface area contributed by atoms with Crippen LogP contribution in [-0.4, -0.2) is 16.1 Å².